The van der Waals surface area contributed by atoms with Crippen LogP contribution in [0.15, 0.2) is 0 Å². The molecule has 0 unspecified atom stereocenters. The zero-order valence-electron chi connectivity index (χ0n) is 7.35. The lowest BCUT2D eigenvalue weighted by atomic mass is 9.97. The van der Waals surface area contributed by atoms with E-state index in [-0.39, 0.29) is 11.8 Å². The first-order chi connectivity index (χ1) is 6.20. The van der Waals surface area contributed by atoms with E-state index in [1.807, 2.05) is 0 Å². The number of nitrogens with one attached hydrogen (secondary N) is 2. The van der Waals surface area contributed by atoms with Crippen molar-refractivity contribution >= 4 is 29.1 Å². The molecule has 2 N–H and O–H groups in total. The van der Waals surface area contributed by atoms with Crippen molar-refractivity contribution in [3.05, 3.63) is 0 Å². The summed E-state index contributed by atoms with van der Waals surface area (Å²) in [6, 6.07) is 0. The standard InChI is InChI=1S/C8H14Cl2N2O/c9-7(10)5-12-8(13)6-1-3-11-4-2-6/h6-7,11H,1-5H2,(H,12,13). The first kappa shape index (κ1) is 11.1. The number of halogens is 2. The molecule has 0 aromatic rings. The Morgan fingerprint density at radius 3 is 2.62 bits per heavy atom. The zero-order chi connectivity index (χ0) is 9.68. The van der Waals surface area contributed by atoms with Gasteiger partial charge in [0, 0.05) is 12.5 Å². The topological polar surface area (TPSA) is 41.1 Å². The fourth-order valence-corrected chi connectivity index (χ4v) is 1.56. The highest BCUT2D eigenvalue weighted by atomic mass is 35.5. The summed E-state index contributed by atoms with van der Waals surface area (Å²) in [5.41, 5.74) is 0. The summed E-state index contributed by atoms with van der Waals surface area (Å²) < 4.78 is 0. The number of hydrogen-bond donors (Lipinski definition) is 2. The molecule has 0 aromatic carbocycles. The van der Waals surface area contributed by atoms with E-state index in [4.69, 9.17) is 23.2 Å². The minimum atomic E-state index is -0.509. The van der Waals surface area contributed by atoms with Gasteiger partial charge in [-0.05, 0) is 25.9 Å². The second kappa shape index (κ2) is 5.68. The fraction of sp³-hybridized carbons (Fsp3) is 0.875. The van der Waals surface area contributed by atoms with Gasteiger partial charge in [-0.15, -0.1) is 23.2 Å². The molecule has 3 nitrogen and oxygen atoms in total. The summed E-state index contributed by atoms with van der Waals surface area (Å²) in [5, 5.41) is 5.92. The van der Waals surface area contributed by atoms with Crippen LogP contribution in [0.1, 0.15) is 12.8 Å². The summed E-state index contributed by atoms with van der Waals surface area (Å²) in [5.74, 6) is 0.209. The van der Waals surface area contributed by atoms with Crippen LogP contribution in [0.5, 0.6) is 0 Å². The molecular weight excluding hydrogens is 211 g/mol. The largest absolute Gasteiger partial charge is 0.353 e. The minimum absolute atomic E-state index is 0.0767. The van der Waals surface area contributed by atoms with Gasteiger partial charge in [0.15, 0.2) is 0 Å². The van der Waals surface area contributed by atoms with Crippen LogP contribution in [0.25, 0.3) is 0 Å². The highest BCUT2D eigenvalue weighted by Crippen LogP contribution is 2.11. The van der Waals surface area contributed by atoms with Crippen molar-refractivity contribution in [2.45, 2.75) is 17.7 Å². The molecule has 0 atom stereocenters. The molecule has 1 aliphatic heterocycles. The van der Waals surface area contributed by atoms with Crippen molar-refractivity contribution in [2.75, 3.05) is 19.6 Å². The van der Waals surface area contributed by atoms with Gasteiger partial charge in [-0.2, -0.15) is 0 Å². The maximum absolute atomic E-state index is 11.4. The lowest BCUT2D eigenvalue weighted by Crippen LogP contribution is -2.39. The molecule has 0 radical (unpaired) electrons. The van der Waals surface area contributed by atoms with Crippen molar-refractivity contribution in [2.24, 2.45) is 5.92 Å². The van der Waals surface area contributed by atoms with E-state index in [9.17, 15) is 4.79 Å². The molecular formula is C8H14Cl2N2O. The average Bonchev–Trinajstić information content (AvgIpc) is 2.15. The molecule has 1 rings (SSSR count). The highest BCUT2D eigenvalue weighted by Gasteiger charge is 2.20. The predicted octanol–water partition coefficient (Wildman–Crippen LogP) is 0.906. The Balaban J connectivity index is 2.21. The van der Waals surface area contributed by atoms with Gasteiger partial charge < -0.3 is 10.6 Å². The molecule has 1 amide bonds. The summed E-state index contributed by atoms with van der Waals surface area (Å²) >= 11 is 11.0. The molecule has 0 spiro atoms. The normalized spacial score (nSPS) is 19.0. The molecule has 1 aliphatic rings. The van der Waals surface area contributed by atoms with Gasteiger partial charge in [0.2, 0.25) is 5.91 Å². The molecule has 1 heterocycles. The quantitative estimate of drug-likeness (QED) is 0.701. The molecule has 0 aliphatic carbocycles. The summed E-state index contributed by atoms with van der Waals surface area (Å²) in [4.78, 5) is 10.9. The summed E-state index contributed by atoms with van der Waals surface area (Å²) in [6.07, 6.45) is 1.81. The van der Waals surface area contributed by atoms with Crippen molar-refractivity contribution in [1.29, 1.82) is 0 Å². The molecule has 1 saturated heterocycles. The van der Waals surface area contributed by atoms with Crippen molar-refractivity contribution in [3.8, 4) is 0 Å². The third-order valence-corrected chi connectivity index (χ3v) is 2.45. The van der Waals surface area contributed by atoms with E-state index < -0.39 is 4.84 Å². The van der Waals surface area contributed by atoms with Gasteiger partial charge in [0.05, 0.1) is 0 Å². The maximum Gasteiger partial charge on any atom is 0.223 e. The molecule has 13 heavy (non-hydrogen) atoms. The second-order valence-corrected chi connectivity index (χ2v) is 4.44. The molecule has 1 fully saturated rings. The number of rotatable bonds is 3. The Morgan fingerprint density at radius 1 is 1.46 bits per heavy atom. The smallest absolute Gasteiger partial charge is 0.223 e. The number of amides is 1. The van der Waals surface area contributed by atoms with Crippen LogP contribution < -0.4 is 10.6 Å². The van der Waals surface area contributed by atoms with Gasteiger partial charge in [-0.25, -0.2) is 0 Å². The molecule has 76 valence electrons. The van der Waals surface area contributed by atoms with Crippen molar-refractivity contribution in [1.82, 2.24) is 10.6 Å². The van der Waals surface area contributed by atoms with Crippen LogP contribution in [0, 0.1) is 5.92 Å². The number of piperidine rings is 1. The van der Waals surface area contributed by atoms with E-state index in [0.29, 0.717) is 6.54 Å². The number of hydrogen-bond acceptors (Lipinski definition) is 2. The molecule has 0 saturated carbocycles. The first-order valence-corrected chi connectivity index (χ1v) is 5.34. The van der Waals surface area contributed by atoms with E-state index >= 15 is 0 Å². The van der Waals surface area contributed by atoms with E-state index in [2.05, 4.69) is 10.6 Å². The molecule has 0 aromatic heterocycles. The van der Waals surface area contributed by atoms with Crippen LogP contribution in [0.3, 0.4) is 0 Å². The van der Waals surface area contributed by atoms with Crippen LogP contribution in [-0.4, -0.2) is 30.4 Å². The van der Waals surface area contributed by atoms with Crippen LogP contribution in [0.4, 0.5) is 0 Å². The van der Waals surface area contributed by atoms with Gasteiger partial charge in [0.1, 0.15) is 4.84 Å². The third kappa shape index (κ3) is 4.16. The third-order valence-electron chi connectivity index (χ3n) is 2.14. The van der Waals surface area contributed by atoms with E-state index in [1.165, 1.54) is 0 Å². The van der Waals surface area contributed by atoms with Gasteiger partial charge >= 0.3 is 0 Å². The first-order valence-electron chi connectivity index (χ1n) is 4.46. The van der Waals surface area contributed by atoms with E-state index in [0.717, 1.165) is 25.9 Å². The number of carbonyl (C=O) groups excluding carboxylic acids is 1. The van der Waals surface area contributed by atoms with Crippen LogP contribution in [0.2, 0.25) is 0 Å². The SMILES string of the molecule is O=C(NCC(Cl)Cl)C1CCNCC1. The number of alkyl halides is 2. The summed E-state index contributed by atoms with van der Waals surface area (Å²) in [6.45, 7) is 2.18. The monoisotopic (exact) mass is 224 g/mol. The van der Waals surface area contributed by atoms with Gasteiger partial charge in [0.25, 0.3) is 0 Å². The number of carbonyl (C=O) groups is 1. The van der Waals surface area contributed by atoms with Crippen LogP contribution >= 0.6 is 23.2 Å². The van der Waals surface area contributed by atoms with Crippen molar-refractivity contribution in [3.63, 3.8) is 0 Å². The summed E-state index contributed by atoms with van der Waals surface area (Å²) in [7, 11) is 0. The van der Waals surface area contributed by atoms with Gasteiger partial charge in [-0.3, -0.25) is 4.79 Å². The lowest BCUT2D eigenvalue weighted by Gasteiger charge is -2.21. The average molecular weight is 225 g/mol. The Morgan fingerprint density at radius 2 is 2.08 bits per heavy atom. The Labute approximate surface area is 88.2 Å². The second-order valence-electron chi connectivity index (χ2n) is 3.16. The van der Waals surface area contributed by atoms with Crippen molar-refractivity contribution < 1.29 is 4.79 Å². The predicted molar refractivity (Wildman–Crippen MR) is 54.1 cm³/mol. The molecule has 5 heteroatoms. The van der Waals surface area contributed by atoms with E-state index in [1.54, 1.807) is 0 Å². The maximum atomic E-state index is 11.4. The Hall–Kier alpha value is 0.01000. The Kier molecular flexibility index (Phi) is 4.84. The lowest BCUT2D eigenvalue weighted by molar-refractivity contribution is -0.125. The Bertz CT molecular complexity index is 170. The highest BCUT2D eigenvalue weighted by molar-refractivity contribution is 6.44. The van der Waals surface area contributed by atoms with Crippen LogP contribution in [-0.2, 0) is 4.79 Å². The zero-order valence-corrected chi connectivity index (χ0v) is 8.87. The fourth-order valence-electron chi connectivity index (χ4n) is 1.41. The molecule has 0 bridgehead atoms. The van der Waals surface area contributed by atoms with Gasteiger partial charge in [-0.1, -0.05) is 0 Å². The minimum Gasteiger partial charge on any atom is -0.353 e.